The molecule has 1 saturated heterocycles. The Morgan fingerprint density at radius 2 is 2.04 bits per heavy atom. The Kier molecular flexibility index (Phi) is 5.64. The summed E-state index contributed by atoms with van der Waals surface area (Å²) in [4.78, 5) is 35.1. The number of hydrogen-bond donors (Lipinski definition) is 2. The average Bonchev–Trinajstić information content (AvgIpc) is 3.30. The summed E-state index contributed by atoms with van der Waals surface area (Å²) in [6.07, 6.45) is 5.39. The Bertz CT molecular complexity index is 706. The molecule has 0 bridgehead atoms. The highest BCUT2D eigenvalue weighted by Gasteiger charge is 2.24. The highest BCUT2D eigenvalue weighted by atomic mass is 32.2. The van der Waals surface area contributed by atoms with Gasteiger partial charge in [-0.3, -0.25) is 4.79 Å². The first-order valence-corrected chi connectivity index (χ1v) is 9.19. The minimum absolute atomic E-state index is 0.0171. The van der Waals surface area contributed by atoms with Gasteiger partial charge in [-0.15, -0.1) is 0 Å². The molecule has 0 unspecified atom stereocenters. The lowest BCUT2D eigenvalue weighted by Gasteiger charge is -2.34. The first-order valence-electron chi connectivity index (χ1n) is 8.20. The molecular formula is C16H22N6O2S. The summed E-state index contributed by atoms with van der Waals surface area (Å²) in [5.74, 6) is 0.749. The summed E-state index contributed by atoms with van der Waals surface area (Å²) in [6.45, 7) is 2.77. The summed E-state index contributed by atoms with van der Waals surface area (Å²) in [5.41, 5.74) is 0.587. The van der Waals surface area contributed by atoms with E-state index >= 15 is 0 Å². The lowest BCUT2D eigenvalue weighted by molar-refractivity contribution is 0.0660. The normalized spacial score (nSPS) is 14.6. The van der Waals surface area contributed by atoms with Crippen LogP contribution in [0.3, 0.4) is 0 Å². The van der Waals surface area contributed by atoms with Crippen LogP contribution in [0.5, 0.6) is 0 Å². The molecule has 2 aromatic rings. The summed E-state index contributed by atoms with van der Waals surface area (Å²) in [5, 5.41) is 3.86. The second kappa shape index (κ2) is 8.11. The van der Waals surface area contributed by atoms with Crippen LogP contribution in [-0.2, 0) is 7.05 Å². The first kappa shape index (κ1) is 17.4. The monoisotopic (exact) mass is 362 g/mol. The zero-order chi connectivity index (χ0) is 17.6. The van der Waals surface area contributed by atoms with Crippen LogP contribution in [0.15, 0.2) is 35.9 Å². The molecule has 0 spiro atoms. The van der Waals surface area contributed by atoms with Gasteiger partial charge in [0.1, 0.15) is 5.69 Å². The fourth-order valence-corrected chi connectivity index (χ4v) is 3.44. The quantitative estimate of drug-likeness (QED) is 0.614. The van der Waals surface area contributed by atoms with Crippen molar-refractivity contribution in [2.45, 2.75) is 5.16 Å². The van der Waals surface area contributed by atoms with Crippen molar-refractivity contribution in [3.8, 4) is 0 Å². The van der Waals surface area contributed by atoms with Gasteiger partial charge in [-0.2, -0.15) is 0 Å². The topological polar surface area (TPSA) is 86.3 Å². The van der Waals surface area contributed by atoms with E-state index < -0.39 is 0 Å². The number of piperazine rings is 1. The number of nitrogens with zero attached hydrogens (tertiary/aromatic N) is 4. The lowest BCUT2D eigenvalue weighted by Crippen LogP contribution is -2.53. The number of H-pyrrole nitrogens is 1. The third-order valence-electron chi connectivity index (χ3n) is 4.07. The molecule has 0 saturated carbocycles. The molecule has 3 heterocycles. The van der Waals surface area contributed by atoms with Crippen molar-refractivity contribution in [3.63, 3.8) is 0 Å². The number of thioether (sulfide) groups is 1. The van der Waals surface area contributed by atoms with Crippen LogP contribution < -0.4 is 5.32 Å². The maximum Gasteiger partial charge on any atom is 0.317 e. The molecule has 0 aliphatic carbocycles. The number of imidazole rings is 1. The largest absolute Gasteiger partial charge is 0.357 e. The zero-order valence-corrected chi connectivity index (χ0v) is 15.0. The average molecular weight is 362 g/mol. The fraction of sp³-hybridized carbons (Fsp3) is 0.438. The maximum absolute atomic E-state index is 12.3. The van der Waals surface area contributed by atoms with E-state index in [1.807, 2.05) is 17.8 Å². The molecule has 1 aliphatic heterocycles. The third-order valence-corrected chi connectivity index (χ3v) is 5.13. The standard InChI is InChI=1S/C16H22N6O2S/c1-20-7-5-19-16(20)25-12-6-18-15(24)22-10-8-21(9-11-22)14(23)13-3-2-4-17-13/h2-5,7,17H,6,8-12H2,1H3,(H,18,24). The molecule has 2 N–H and O–H groups in total. The maximum atomic E-state index is 12.3. The van der Waals surface area contributed by atoms with Crippen LogP contribution in [0, 0.1) is 0 Å². The molecule has 8 nitrogen and oxygen atoms in total. The van der Waals surface area contributed by atoms with E-state index in [9.17, 15) is 9.59 Å². The summed E-state index contributed by atoms with van der Waals surface area (Å²) in [6, 6.07) is 3.49. The molecule has 134 valence electrons. The van der Waals surface area contributed by atoms with Crippen LogP contribution in [-0.4, -0.2) is 74.7 Å². The van der Waals surface area contributed by atoms with E-state index in [4.69, 9.17) is 0 Å². The Balaban J connectivity index is 1.37. The zero-order valence-electron chi connectivity index (χ0n) is 14.1. The number of rotatable bonds is 5. The van der Waals surface area contributed by atoms with Crippen molar-refractivity contribution in [3.05, 3.63) is 36.4 Å². The highest BCUT2D eigenvalue weighted by Crippen LogP contribution is 2.13. The molecule has 1 aliphatic rings. The van der Waals surface area contributed by atoms with Crippen molar-refractivity contribution >= 4 is 23.7 Å². The fourth-order valence-electron chi connectivity index (χ4n) is 2.65. The van der Waals surface area contributed by atoms with Gasteiger partial charge in [-0.05, 0) is 12.1 Å². The van der Waals surface area contributed by atoms with Crippen LogP contribution in [0.4, 0.5) is 4.79 Å². The second-order valence-corrected chi connectivity index (χ2v) is 6.83. The predicted molar refractivity (Wildman–Crippen MR) is 95.6 cm³/mol. The van der Waals surface area contributed by atoms with Gasteiger partial charge < -0.3 is 24.7 Å². The number of carbonyl (C=O) groups excluding carboxylic acids is 2. The number of carbonyl (C=O) groups is 2. The van der Waals surface area contributed by atoms with E-state index in [0.717, 1.165) is 10.9 Å². The van der Waals surface area contributed by atoms with Crippen molar-refractivity contribution in [1.29, 1.82) is 0 Å². The van der Waals surface area contributed by atoms with Gasteiger partial charge in [0, 0.05) is 64.1 Å². The highest BCUT2D eigenvalue weighted by molar-refractivity contribution is 7.99. The van der Waals surface area contributed by atoms with Crippen LogP contribution in [0.25, 0.3) is 0 Å². The van der Waals surface area contributed by atoms with Gasteiger partial charge in [-0.25, -0.2) is 9.78 Å². The van der Waals surface area contributed by atoms with Crippen molar-refractivity contribution in [2.24, 2.45) is 7.05 Å². The molecule has 0 aromatic carbocycles. The van der Waals surface area contributed by atoms with E-state index in [-0.39, 0.29) is 11.9 Å². The van der Waals surface area contributed by atoms with Gasteiger partial charge in [0.15, 0.2) is 5.16 Å². The third kappa shape index (κ3) is 4.36. The predicted octanol–water partition coefficient (Wildman–Crippen LogP) is 1.01. The van der Waals surface area contributed by atoms with E-state index in [1.54, 1.807) is 46.1 Å². The SMILES string of the molecule is Cn1ccnc1SCCNC(=O)N1CCN(C(=O)c2ccc[nH]2)CC1. The van der Waals surface area contributed by atoms with Gasteiger partial charge in [0.25, 0.3) is 5.91 Å². The van der Waals surface area contributed by atoms with Gasteiger partial charge >= 0.3 is 6.03 Å². The minimum atomic E-state index is -0.0765. The summed E-state index contributed by atoms with van der Waals surface area (Å²) < 4.78 is 1.95. The van der Waals surface area contributed by atoms with Crippen LogP contribution >= 0.6 is 11.8 Å². The van der Waals surface area contributed by atoms with E-state index in [0.29, 0.717) is 38.4 Å². The molecule has 3 rings (SSSR count). The Labute approximate surface area is 150 Å². The Morgan fingerprint density at radius 3 is 2.68 bits per heavy atom. The number of nitrogens with one attached hydrogen (secondary N) is 2. The Morgan fingerprint density at radius 1 is 1.28 bits per heavy atom. The van der Waals surface area contributed by atoms with Crippen molar-refractivity contribution in [2.75, 3.05) is 38.5 Å². The van der Waals surface area contributed by atoms with Crippen molar-refractivity contribution < 1.29 is 9.59 Å². The number of aromatic amines is 1. The van der Waals surface area contributed by atoms with Crippen LogP contribution in [0.2, 0.25) is 0 Å². The summed E-state index contributed by atoms with van der Waals surface area (Å²) >= 11 is 1.61. The number of aryl methyl sites for hydroxylation is 1. The molecule has 3 amide bonds. The molecule has 2 aromatic heterocycles. The van der Waals surface area contributed by atoms with Crippen LogP contribution in [0.1, 0.15) is 10.5 Å². The molecule has 25 heavy (non-hydrogen) atoms. The van der Waals surface area contributed by atoms with Gasteiger partial charge in [-0.1, -0.05) is 11.8 Å². The lowest BCUT2D eigenvalue weighted by atomic mass is 10.3. The van der Waals surface area contributed by atoms with E-state index in [1.165, 1.54) is 0 Å². The van der Waals surface area contributed by atoms with Gasteiger partial charge in [0.2, 0.25) is 0 Å². The smallest absolute Gasteiger partial charge is 0.317 e. The van der Waals surface area contributed by atoms with Gasteiger partial charge in [0.05, 0.1) is 0 Å². The number of aromatic nitrogens is 3. The molecule has 1 fully saturated rings. The minimum Gasteiger partial charge on any atom is -0.357 e. The number of urea groups is 1. The molecule has 9 heteroatoms. The second-order valence-electron chi connectivity index (χ2n) is 5.76. The molecule has 0 radical (unpaired) electrons. The molecule has 0 atom stereocenters. The van der Waals surface area contributed by atoms with Crippen molar-refractivity contribution in [1.82, 2.24) is 29.7 Å². The molecular weight excluding hydrogens is 340 g/mol. The van der Waals surface area contributed by atoms with E-state index in [2.05, 4.69) is 15.3 Å². The first-order chi connectivity index (χ1) is 12.1. The number of hydrogen-bond acceptors (Lipinski definition) is 4. The summed E-state index contributed by atoms with van der Waals surface area (Å²) in [7, 11) is 1.95. The number of amides is 3. The Hall–Kier alpha value is -2.42.